The predicted octanol–water partition coefficient (Wildman–Crippen LogP) is 1.39. The van der Waals surface area contributed by atoms with E-state index < -0.39 is 5.66 Å². The molecule has 4 aliphatic heterocycles. The number of rotatable bonds is 4. The van der Waals surface area contributed by atoms with Gasteiger partial charge in [-0.1, -0.05) is 12.1 Å². The summed E-state index contributed by atoms with van der Waals surface area (Å²) in [4.78, 5) is 61.5. The number of piperidine rings is 1. The van der Waals surface area contributed by atoms with Gasteiger partial charge in [0.05, 0.1) is 11.3 Å². The molecular formula is C26H35N5O4. The fourth-order valence-electron chi connectivity index (χ4n) is 6.07. The number of likely N-dealkylation sites (tertiary alicyclic amines) is 1. The van der Waals surface area contributed by atoms with Gasteiger partial charge in [-0.05, 0) is 45.4 Å². The van der Waals surface area contributed by atoms with E-state index in [0.29, 0.717) is 50.0 Å². The van der Waals surface area contributed by atoms with Crippen LogP contribution in [0.3, 0.4) is 0 Å². The minimum absolute atomic E-state index is 0.00151. The minimum atomic E-state index is -0.745. The molecule has 9 heteroatoms. The minimum Gasteiger partial charge on any atom is -0.343 e. The number of piperazine rings is 1. The molecule has 0 saturated carbocycles. The Morgan fingerprint density at radius 3 is 2.37 bits per heavy atom. The van der Waals surface area contributed by atoms with E-state index in [1.54, 1.807) is 21.9 Å². The number of para-hydroxylation sites is 1. The van der Waals surface area contributed by atoms with E-state index in [2.05, 4.69) is 11.9 Å². The Morgan fingerprint density at radius 2 is 1.66 bits per heavy atom. The van der Waals surface area contributed by atoms with Crippen LogP contribution in [0.15, 0.2) is 24.3 Å². The fraction of sp³-hybridized carbons (Fsp3) is 0.615. The molecular weight excluding hydrogens is 446 g/mol. The monoisotopic (exact) mass is 481 g/mol. The van der Waals surface area contributed by atoms with Gasteiger partial charge in [0.15, 0.2) is 0 Å². The van der Waals surface area contributed by atoms with Gasteiger partial charge >= 0.3 is 0 Å². The van der Waals surface area contributed by atoms with Gasteiger partial charge in [0.1, 0.15) is 5.66 Å². The summed E-state index contributed by atoms with van der Waals surface area (Å²) < 4.78 is 0. The number of carbonyl (C=O) groups is 4. The van der Waals surface area contributed by atoms with Crippen LogP contribution in [-0.2, 0) is 14.4 Å². The lowest BCUT2D eigenvalue weighted by atomic mass is 9.94. The first-order valence-electron chi connectivity index (χ1n) is 12.8. The summed E-state index contributed by atoms with van der Waals surface area (Å²) in [6.07, 6.45) is 2.53. The molecule has 0 N–H and O–H groups in total. The van der Waals surface area contributed by atoms with Crippen LogP contribution in [0.5, 0.6) is 0 Å². The SMILES string of the molecule is CN1CCN(C(=O)C2CCN(C(=O)CCN3C(=O)c4ccccc4N4C(=O)CCC34C)CC2)CC1. The van der Waals surface area contributed by atoms with Gasteiger partial charge in [0, 0.05) is 64.6 Å². The number of anilines is 1. The van der Waals surface area contributed by atoms with E-state index in [-0.39, 0.29) is 42.5 Å². The number of hydrogen-bond donors (Lipinski definition) is 0. The van der Waals surface area contributed by atoms with Crippen LogP contribution < -0.4 is 4.90 Å². The second-order valence-electron chi connectivity index (χ2n) is 10.5. The molecule has 1 aromatic rings. The molecule has 3 fully saturated rings. The summed E-state index contributed by atoms with van der Waals surface area (Å²) >= 11 is 0. The molecule has 188 valence electrons. The van der Waals surface area contributed by atoms with Gasteiger partial charge in [-0.3, -0.25) is 24.1 Å². The normalized spacial score (nSPS) is 25.7. The van der Waals surface area contributed by atoms with Gasteiger partial charge in [0.25, 0.3) is 5.91 Å². The Balaban J connectivity index is 1.19. The standard InChI is InChI=1S/C26H35N5O4/c1-26-11-7-23(33)31(26)21-6-4-3-5-20(21)25(35)30(26)14-10-22(32)28-12-8-19(9-13-28)24(34)29-17-15-27(2)16-18-29/h3-6,19H,7-18H2,1-2H3. The van der Waals surface area contributed by atoms with Crippen molar-refractivity contribution in [2.24, 2.45) is 5.92 Å². The highest BCUT2D eigenvalue weighted by Gasteiger charge is 2.52. The third kappa shape index (κ3) is 4.20. The van der Waals surface area contributed by atoms with E-state index in [1.165, 1.54) is 0 Å². The van der Waals surface area contributed by atoms with Gasteiger partial charge in [-0.25, -0.2) is 0 Å². The highest BCUT2D eigenvalue weighted by Crippen LogP contribution is 2.44. The van der Waals surface area contributed by atoms with E-state index in [1.807, 2.05) is 28.9 Å². The molecule has 0 radical (unpaired) electrons. The summed E-state index contributed by atoms with van der Waals surface area (Å²) in [5.74, 6) is 0.0946. The molecule has 4 heterocycles. The number of carbonyl (C=O) groups excluding carboxylic acids is 4. The van der Waals surface area contributed by atoms with Crippen molar-refractivity contribution in [2.75, 3.05) is 57.8 Å². The highest BCUT2D eigenvalue weighted by molar-refractivity contribution is 6.10. The first kappa shape index (κ1) is 23.8. The number of fused-ring (bicyclic) bond motifs is 3. The molecule has 1 aromatic carbocycles. The number of nitrogens with zero attached hydrogens (tertiary/aromatic N) is 5. The second-order valence-corrected chi connectivity index (χ2v) is 10.5. The van der Waals surface area contributed by atoms with Crippen LogP contribution >= 0.6 is 0 Å². The lowest BCUT2D eigenvalue weighted by molar-refractivity contribution is -0.142. The molecule has 5 rings (SSSR count). The van der Waals surface area contributed by atoms with Gasteiger partial charge < -0.3 is 19.6 Å². The Bertz CT molecular complexity index is 1030. The fourth-order valence-corrected chi connectivity index (χ4v) is 6.07. The van der Waals surface area contributed by atoms with Crippen LogP contribution in [0.25, 0.3) is 0 Å². The number of hydrogen-bond acceptors (Lipinski definition) is 5. The van der Waals surface area contributed by atoms with Gasteiger partial charge in [-0.2, -0.15) is 0 Å². The van der Waals surface area contributed by atoms with E-state index >= 15 is 0 Å². The lowest BCUT2D eigenvalue weighted by Crippen LogP contribution is -2.62. The summed E-state index contributed by atoms with van der Waals surface area (Å²) in [6.45, 7) is 6.70. The maximum Gasteiger partial charge on any atom is 0.257 e. The smallest absolute Gasteiger partial charge is 0.257 e. The summed E-state index contributed by atoms with van der Waals surface area (Å²) in [5.41, 5.74) is 0.429. The molecule has 4 aliphatic rings. The van der Waals surface area contributed by atoms with Crippen molar-refractivity contribution in [3.63, 3.8) is 0 Å². The zero-order chi connectivity index (χ0) is 24.7. The van der Waals surface area contributed by atoms with E-state index in [9.17, 15) is 19.2 Å². The molecule has 0 bridgehead atoms. The maximum atomic E-state index is 13.4. The predicted molar refractivity (Wildman–Crippen MR) is 131 cm³/mol. The number of amides is 4. The van der Waals surface area contributed by atoms with Crippen LogP contribution in [-0.4, -0.2) is 102 Å². The molecule has 0 aromatic heterocycles. The molecule has 0 spiro atoms. The first-order chi connectivity index (χ1) is 16.8. The summed E-state index contributed by atoms with van der Waals surface area (Å²) in [5, 5.41) is 0. The Morgan fingerprint density at radius 1 is 0.971 bits per heavy atom. The zero-order valence-electron chi connectivity index (χ0n) is 20.7. The Hall–Kier alpha value is -2.94. The average molecular weight is 482 g/mol. The second kappa shape index (κ2) is 9.26. The van der Waals surface area contributed by atoms with Crippen LogP contribution in [0.1, 0.15) is 49.4 Å². The van der Waals surface area contributed by atoms with Gasteiger partial charge in [-0.15, -0.1) is 0 Å². The van der Waals surface area contributed by atoms with Gasteiger partial charge in [0.2, 0.25) is 17.7 Å². The number of benzene rings is 1. The lowest BCUT2D eigenvalue weighted by Gasteiger charge is -2.48. The quantitative estimate of drug-likeness (QED) is 0.649. The number of likely N-dealkylation sites (N-methyl/N-ethyl adjacent to an activating group) is 1. The molecule has 0 aliphatic carbocycles. The van der Waals surface area contributed by atoms with E-state index in [0.717, 1.165) is 26.2 Å². The van der Waals surface area contributed by atoms with Crippen LogP contribution in [0.2, 0.25) is 0 Å². The van der Waals surface area contributed by atoms with Crippen molar-refractivity contribution in [3.05, 3.63) is 29.8 Å². The highest BCUT2D eigenvalue weighted by atomic mass is 16.2. The van der Waals surface area contributed by atoms with Crippen molar-refractivity contribution < 1.29 is 19.2 Å². The molecule has 3 saturated heterocycles. The average Bonchev–Trinajstić information content (AvgIpc) is 3.18. The Kier molecular flexibility index (Phi) is 6.29. The third-order valence-electron chi connectivity index (χ3n) is 8.31. The molecule has 35 heavy (non-hydrogen) atoms. The summed E-state index contributed by atoms with van der Waals surface area (Å²) in [6, 6.07) is 7.22. The molecule has 1 atom stereocenters. The van der Waals surface area contributed by atoms with Crippen molar-refractivity contribution in [3.8, 4) is 0 Å². The maximum absolute atomic E-state index is 13.4. The largest absolute Gasteiger partial charge is 0.343 e. The van der Waals surface area contributed by atoms with Crippen molar-refractivity contribution >= 4 is 29.3 Å². The van der Waals surface area contributed by atoms with Crippen LogP contribution in [0.4, 0.5) is 5.69 Å². The van der Waals surface area contributed by atoms with E-state index in [4.69, 9.17) is 0 Å². The summed E-state index contributed by atoms with van der Waals surface area (Å²) in [7, 11) is 2.07. The first-order valence-corrected chi connectivity index (χ1v) is 12.8. The van der Waals surface area contributed by atoms with Crippen molar-refractivity contribution in [1.29, 1.82) is 0 Å². The Labute approximate surface area is 206 Å². The topological polar surface area (TPSA) is 84.5 Å². The molecule has 9 nitrogen and oxygen atoms in total. The van der Waals surface area contributed by atoms with Crippen LogP contribution in [0, 0.1) is 5.92 Å². The zero-order valence-corrected chi connectivity index (χ0v) is 20.7. The third-order valence-corrected chi connectivity index (χ3v) is 8.31. The van der Waals surface area contributed by atoms with Crippen molar-refractivity contribution in [1.82, 2.24) is 19.6 Å². The molecule has 1 unspecified atom stereocenters. The molecule has 4 amide bonds. The van der Waals surface area contributed by atoms with Crippen molar-refractivity contribution in [2.45, 2.75) is 44.7 Å².